The molecule has 1 rings (SSSR count). The smallest absolute Gasteiger partial charge is 0.497 e. The second-order valence-electron chi connectivity index (χ2n) is 1.44. The molecule has 1 heteroatoms. The van der Waals surface area contributed by atoms with Gasteiger partial charge in [-0.1, -0.05) is 12.1 Å². The molecule has 0 fully saturated rings. The normalized spacial score (nSPS) is 8.62. The van der Waals surface area contributed by atoms with Crippen molar-refractivity contribution >= 4 is 0 Å². The summed E-state index contributed by atoms with van der Waals surface area (Å²) in [6.07, 6.45) is 0. The third-order valence-corrected chi connectivity index (χ3v) is 0.914. The third kappa shape index (κ3) is 0.997. The van der Waals surface area contributed by atoms with Crippen LogP contribution in [0.5, 0.6) is 5.75 Å². The summed E-state index contributed by atoms with van der Waals surface area (Å²) in [7, 11) is 1.64. The van der Waals surface area contributed by atoms with Gasteiger partial charge in [0, 0.05) is 0 Å². The van der Waals surface area contributed by atoms with Crippen molar-refractivity contribution < 1.29 is 6.16 Å². The average Bonchev–Trinajstić information content (AvgIpc) is 1.90. The van der Waals surface area contributed by atoms with Crippen molar-refractivity contribution in [1.82, 2.24) is 0 Å². The molecule has 1 aromatic rings. The largest absolute Gasteiger partial charge is 1.00 e. The molecule has 0 aliphatic carbocycles. The van der Waals surface area contributed by atoms with E-state index in [0.717, 1.165) is 5.75 Å². The van der Waals surface area contributed by atoms with Crippen molar-refractivity contribution in [3.05, 3.63) is 30.3 Å². The number of hydrogen-bond donors (Lipinski definition) is 0. The number of methoxy groups -OCH3 is 1. The molecule has 0 N–H and O–H groups in total. The maximum absolute atomic E-state index is 4.88. The van der Waals surface area contributed by atoms with E-state index in [1.165, 1.54) is 0 Å². The van der Waals surface area contributed by atoms with Crippen LogP contribution in [0, 0.1) is 6.07 Å². The SMILES string of the molecule is COc1c[c]ccc1.[H+]. The van der Waals surface area contributed by atoms with Crippen LogP contribution in [0.2, 0.25) is 0 Å². The fourth-order valence-electron chi connectivity index (χ4n) is 0.504. The molecule has 8 heavy (non-hydrogen) atoms. The molecule has 0 atom stereocenters. The predicted octanol–water partition coefficient (Wildman–Crippen LogP) is 1.61. The van der Waals surface area contributed by atoms with E-state index in [9.17, 15) is 0 Å². The summed E-state index contributed by atoms with van der Waals surface area (Å²) in [5, 5.41) is 0. The van der Waals surface area contributed by atoms with Crippen molar-refractivity contribution in [1.29, 1.82) is 0 Å². The van der Waals surface area contributed by atoms with E-state index >= 15 is 0 Å². The minimum atomic E-state index is 0. The molecule has 41 valence electrons. The molecule has 1 radical (unpaired) electrons. The number of ether oxygens (including phenoxy) is 1. The number of benzene rings is 1. The van der Waals surface area contributed by atoms with Crippen LogP contribution in [0.25, 0.3) is 0 Å². The first-order valence-corrected chi connectivity index (χ1v) is 2.43. The zero-order valence-corrected chi connectivity index (χ0v) is 4.72. The van der Waals surface area contributed by atoms with Gasteiger partial charge in [-0.3, -0.25) is 0 Å². The lowest BCUT2D eigenvalue weighted by molar-refractivity contribution is 0.414. The molecule has 0 unspecified atom stereocenters. The minimum absolute atomic E-state index is 0. The lowest BCUT2D eigenvalue weighted by Gasteiger charge is -1.93. The lowest BCUT2D eigenvalue weighted by atomic mass is 10.3. The van der Waals surface area contributed by atoms with E-state index < -0.39 is 0 Å². The standard InChI is InChI=1S/C7H7O/c1-8-7-5-3-2-4-6-7/h2-3,5-6H,1H3/p+1. The van der Waals surface area contributed by atoms with Crippen LogP contribution in [0.1, 0.15) is 1.43 Å². The van der Waals surface area contributed by atoms with Crippen LogP contribution in [-0.2, 0) is 0 Å². The Bertz CT molecular complexity index is 150. The van der Waals surface area contributed by atoms with Crippen molar-refractivity contribution in [2.24, 2.45) is 0 Å². The molecule has 0 amide bonds. The number of rotatable bonds is 1. The zero-order chi connectivity index (χ0) is 5.82. The molecule has 0 saturated heterocycles. The fourth-order valence-corrected chi connectivity index (χ4v) is 0.504. The first-order valence-electron chi connectivity index (χ1n) is 2.43. The monoisotopic (exact) mass is 108 g/mol. The summed E-state index contributed by atoms with van der Waals surface area (Å²) >= 11 is 0. The van der Waals surface area contributed by atoms with E-state index in [-0.39, 0.29) is 1.43 Å². The van der Waals surface area contributed by atoms with Crippen molar-refractivity contribution in [2.45, 2.75) is 0 Å². The summed E-state index contributed by atoms with van der Waals surface area (Å²) in [6, 6.07) is 10.3. The summed E-state index contributed by atoms with van der Waals surface area (Å²) in [5.41, 5.74) is 0. The molecule has 0 aromatic heterocycles. The topological polar surface area (TPSA) is 9.23 Å². The van der Waals surface area contributed by atoms with Gasteiger partial charge in [0.15, 0.2) is 0 Å². The Morgan fingerprint density at radius 3 is 3.00 bits per heavy atom. The number of hydrogen-bond acceptors (Lipinski definition) is 1. The molecular weight excluding hydrogens is 100 g/mol. The van der Waals surface area contributed by atoms with Crippen molar-refractivity contribution in [3.8, 4) is 5.75 Å². The van der Waals surface area contributed by atoms with E-state index in [0.29, 0.717) is 0 Å². The van der Waals surface area contributed by atoms with Gasteiger partial charge in [0.25, 0.3) is 0 Å². The molecule has 1 aromatic carbocycles. The van der Waals surface area contributed by atoms with Gasteiger partial charge in [-0.25, -0.2) is 0 Å². The Balaban J connectivity index is 0.000000640. The van der Waals surface area contributed by atoms with Gasteiger partial charge in [-0.15, -0.1) is 0 Å². The highest BCUT2D eigenvalue weighted by Gasteiger charge is 1.80. The molecule has 0 saturated carbocycles. The maximum Gasteiger partial charge on any atom is 1.00 e. The van der Waals surface area contributed by atoms with Gasteiger partial charge in [0.05, 0.1) is 7.11 Å². The van der Waals surface area contributed by atoms with Gasteiger partial charge in [-0.05, 0) is 18.2 Å². The second-order valence-corrected chi connectivity index (χ2v) is 1.44. The highest BCUT2D eigenvalue weighted by molar-refractivity contribution is 5.19. The highest BCUT2D eigenvalue weighted by atomic mass is 16.5. The Morgan fingerprint density at radius 1 is 1.75 bits per heavy atom. The van der Waals surface area contributed by atoms with Crippen LogP contribution in [-0.4, -0.2) is 7.11 Å². The second kappa shape index (κ2) is 2.36. The highest BCUT2D eigenvalue weighted by Crippen LogP contribution is 2.04. The van der Waals surface area contributed by atoms with E-state index in [1.54, 1.807) is 13.2 Å². The third-order valence-electron chi connectivity index (χ3n) is 0.914. The first kappa shape index (κ1) is 5.16. The fraction of sp³-hybridized carbons (Fsp3) is 0.143. The molecule has 0 heterocycles. The van der Waals surface area contributed by atoms with Crippen molar-refractivity contribution in [3.63, 3.8) is 0 Å². The Morgan fingerprint density at radius 2 is 2.62 bits per heavy atom. The van der Waals surface area contributed by atoms with Gasteiger partial charge >= 0.3 is 1.43 Å². The molecule has 0 bridgehead atoms. The van der Waals surface area contributed by atoms with E-state index in [1.807, 2.05) is 18.2 Å². The Labute approximate surface area is 50.4 Å². The van der Waals surface area contributed by atoms with Crippen LogP contribution in [0.4, 0.5) is 0 Å². The van der Waals surface area contributed by atoms with Crippen LogP contribution < -0.4 is 4.74 Å². The van der Waals surface area contributed by atoms with Gasteiger partial charge in [0.2, 0.25) is 0 Å². The average molecular weight is 108 g/mol. The summed E-state index contributed by atoms with van der Waals surface area (Å²) < 4.78 is 4.88. The molecule has 0 spiro atoms. The Kier molecular flexibility index (Phi) is 1.52. The Hall–Kier alpha value is -0.980. The predicted molar refractivity (Wildman–Crippen MR) is 32.9 cm³/mol. The minimum Gasteiger partial charge on any atom is -0.497 e. The van der Waals surface area contributed by atoms with Crippen LogP contribution in [0.15, 0.2) is 24.3 Å². The molecule has 0 aliphatic heterocycles. The summed E-state index contributed by atoms with van der Waals surface area (Å²) in [6.45, 7) is 0. The van der Waals surface area contributed by atoms with Gasteiger partial charge < -0.3 is 4.74 Å². The summed E-state index contributed by atoms with van der Waals surface area (Å²) in [4.78, 5) is 0. The zero-order valence-electron chi connectivity index (χ0n) is 5.72. The first-order chi connectivity index (χ1) is 3.93. The summed E-state index contributed by atoms with van der Waals surface area (Å²) in [5.74, 6) is 0.854. The van der Waals surface area contributed by atoms with E-state index in [4.69, 9.17) is 4.74 Å². The van der Waals surface area contributed by atoms with Crippen molar-refractivity contribution in [2.75, 3.05) is 7.11 Å². The van der Waals surface area contributed by atoms with Gasteiger partial charge in [0.1, 0.15) is 5.75 Å². The molecule has 0 aliphatic rings. The quantitative estimate of drug-likeness (QED) is 0.531. The van der Waals surface area contributed by atoms with E-state index in [2.05, 4.69) is 6.07 Å². The van der Waals surface area contributed by atoms with Crippen LogP contribution in [0.3, 0.4) is 0 Å². The molecule has 1 nitrogen and oxygen atoms in total. The van der Waals surface area contributed by atoms with Crippen LogP contribution >= 0.6 is 0 Å². The lowest BCUT2D eigenvalue weighted by Crippen LogP contribution is -1.78. The maximum atomic E-state index is 4.88. The molecular formula is C7H8O+. The van der Waals surface area contributed by atoms with Gasteiger partial charge in [-0.2, -0.15) is 0 Å².